The van der Waals surface area contributed by atoms with Gasteiger partial charge in [-0.2, -0.15) is 23.5 Å². The number of nitrogens with zero attached hydrogens (tertiary/aromatic N) is 2. The van der Waals surface area contributed by atoms with Gasteiger partial charge < -0.3 is 5.11 Å². The molecular weight excluding hydrogens is 300 g/mol. The van der Waals surface area contributed by atoms with Crippen LogP contribution in [0.2, 0.25) is 0 Å². The van der Waals surface area contributed by atoms with Gasteiger partial charge in [0.05, 0.1) is 0 Å². The number of hydrogen-bond acceptors (Lipinski definition) is 5. The molecular formula is C16H34N2OS2. The summed E-state index contributed by atoms with van der Waals surface area (Å²) in [5.41, 5.74) is 0. The van der Waals surface area contributed by atoms with E-state index in [2.05, 4.69) is 37.5 Å². The van der Waals surface area contributed by atoms with Crippen LogP contribution in [0.25, 0.3) is 0 Å². The van der Waals surface area contributed by atoms with Crippen LogP contribution in [0.4, 0.5) is 0 Å². The summed E-state index contributed by atoms with van der Waals surface area (Å²) in [5, 5.41) is 10.8. The van der Waals surface area contributed by atoms with Gasteiger partial charge in [-0.25, -0.2) is 0 Å². The van der Waals surface area contributed by atoms with E-state index in [1.807, 2.05) is 23.5 Å². The quantitative estimate of drug-likeness (QED) is 0.663. The van der Waals surface area contributed by atoms with Crippen molar-refractivity contribution in [2.75, 3.05) is 50.8 Å². The lowest BCUT2D eigenvalue weighted by Gasteiger charge is -2.41. The van der Waals surface area contributed by atoms with Crippen molar-refractivity contribution in [1.29, 1.82) is 0 Å². The molecule has 1 N–H and O–H groups in total. The van der Waals surface area contributed by atoms with Gasteiger partial charge in [-0.15, -0.1) is 0 Å². The predicted molar refractivity (Wildman–Crippen MR) is 98.7 cm³/mol. The Labute approximate surface area is 140 Å². The molecule has 0 spiro atoms. The Bertz CT molecular complexity index is 265. The molecule has 0 saturated carbocycles. The van der Waals surface area contributed by atoms with E-state index >= 15 is 0 Å². The molecule has 1 atom stereocenters. The second-order valence-electron chi connectivity index (χ2n) is 6.34. The number of piperazine rings is 1. The van der Waals surface area contributed by atoms with Gasteiger partial charge in [0.15, 0.2) is 0 Å². The lowest BCUT2D eigenvalue weighted by molar-refractivity contribution is 0.0676. The third-order valence-corrected chi connectivity index (χ3v) is 6.01. The van der Waals surface area contributed by atoms with Gasteiger partial charge in [0, 0.05) is 56.9 Å². The van der Waals surface area contributed by atoms with Crippen molar-refractivity contribution in [2.45, 2.75) is 50.7 Å². The van der Waals surface area contributed by atoms with Crippen LogP contribution in [-0.4, -0.2) is 82.3 Å². The second kappa shape index (κ2) is 11.2. The van der Waals surface area contributed by atoms with Crippen molar-refractivity contribution >= 4 is 23.5 Å². The Morgan fingerprint density at radius 3 is 2.19 bits per heavy atom. The molecule has 1 rings (SSSR count). The summed E-state index contributed by atoms with van der Waals surface area (Å²) in [6.07, 6.45) is 0.917. The average molecular weight is 335 g/mol. The van der Waals surface area contributed by atoms with Gasteiger partial charge in [-0.05, 0) is 16.9 Å². The van der Waals surface area contributed by atoms with Gasteiger partial charge in [-0.1, -0.05) is 27.7 Å². The molecule has 1 heterocycles. The van der Waals surface area contributed by atoms with Gasteiger partial charge in [0.1, 0.15) is 0 Å². The Morgan fingerprint density at radius 2 is 1.62 bits per heavy atom. The molecule has 126 valence electrons. The molecule has 21 heavy (non-hydrogen) atoms. The van der Waals surface area contributed by atoms with Crippen molar-refractivity contribution in [3.8, 4) is 0 Å². The summed E-state index contributed by atoms with van der Waals surface area (Å²) in [5.74, 6) is 2.44. The van der Waals surface area contributed by atoms with E-state index in [0.29, 0.717) is 12.6 Å². The van der Waals surface area contributed by atoms with E-state index in [-0.39, 0.29) is 0 Å². The first-order chi connectivity index (χ1) is 10.0. The Balaban J connectivity index is 2.32. The van der Waals surface area contributed by atoms with Crippen LogP contribution in [0.1, 0.15) is 34.1 Å². The maximum atomic E-state index is 9.33. The van der Waals surface area contributed by atoms with E-state index < -0.39 is 0 Å². The first-order valence-corrected chi connectivity index (χ1v) is 10.4. The summed E-state index contributed by atoms with van der Waals surface area (Å²) < 4.78 is 0. The Kier molecular flexibility index (Phi) is 10.4. The number of thioether (sulfide) groups is 2. The van der Waals surface area contributed by atoms with Crippen LogP contribution in [0.5, 0.6) is 0 Å². The number of aliphatic hydroxyl groups is 1. The number of aliphatic hydroxyl groups excluding tert-OH is 1. The van der Waals surface area contributed by atoms with Crippen LogP contribution in [-0.2, 0) is 0 Å². The maximum absolute atomic E-state index is 9.33. The number of rotatable bonds is 10. The Morgan fingerprint density at radius 1 is 1.00 bits per heavy atom. The second-order valence-corrected chi connectivity index (χ2v) is 9.71. The minimum atomic E-state index is 0.313. The first kappa shape index (κ1) is 19.6. The zero-order valence-corrected chi connectivity index (χ0v) is 15.9. The van der Waals surface area contributed by atoms with Crippen molar-refractivity contribution in [1.82, 2.24) is 9.80 Å². The summed E-state index contributed by atoms with van der Waals surface area (Å²) in [4.78, 5) is 5.18. The van der Waals surface area contributed by atoms with E-state index in [9.17, 15) is 5.11 Å². The van der Waals surface area contributed by atoms with Crippen molar-refractivity contribution < 1.29 is 5.11 Å². The fraction of sp³-hybridized carbons (Fsp3) is 1.00. The molecule has 1 aliphatic heterocycles. The molecule has 1 saturated heterocycles. The SMILES string of the molecule is CC(C)SCCN1CCN(CCSC(C)C)[C@H](CCO)C1. The van der Waals surface area contributed by atoms with Crippen molar-refractivity contribution in [3.63, 3.8) is 0 Å². The maximum Gasteiger partial charge on any atom is 0.0446 e. The standard InChI is InChI=1S/C16H34N2OS2/c1-14(2)20-11-8-17-6-7-18(9-12-21-15(3)4)16(13-17)5-10-19/h14-16,19H,5-13H2,1-4H3/t16-/m1/s1. The smallest absolute Gasteiger partial charge is 0.0446 e. The van der Waals surface area contributed by atoms with Crippen molar-refractivity contribution in [3.05, 3.63) is 0 Å². The lowest BCUT2D eigenvalue weighted by Crippen LogP contribution is -2.54. The minimum absolute atomic E-state index is 0.313. The highest BCUT2D eigenvalue weighted by molar-refractivity contribution is 8.00. The summed E-state index contributed by atoms with van der Waals surface area (Å²) >= 11 is 4.09. The van der Waals surface area contributed by atoms with Crippen LogP contribution in [0.3, 0.4) is 0 Å². The Hall–Kier alpha value is 0.580. The van der Waals surface area contributed by atoms with Gasteiger partial charge in [0.25, 0.3) is 0 Å². The average Bonchev–Trinajstić information content (AvgIpc) is 2.40. The van der Waals surface area contributed by atoms with Crippen LogP contribution >= 0.6 is 23.5 Å². The molecule has 0 aromatic rings. The fourth-order valence-corrected chi connectivity index (χ4v) is 4.35. The number of hydrogen-bond donors (Lipinski definition) is 1. The van der Waals surface area contributed by atoms with E-state index in [1.165, 1.54) is 31.1 Å². The molecule has 1 aliphatic rings. The normalized spacial score (nSPS) is 21.6. The molecule has 0 amide bonds. The minimum Gasteiger partial charge on any atom is -0.396 e. The molecule has 0 aromatic carbocycles. The summed E-state index contributed by atoms with van der Waals surface area (Å²) in [6.45, 7) is 15.2. The van der Waals surface area contributed by atoms with E-state index in [0.717, 1.165) is 30.0 Å². The largest absolute Gasteiger partial charge is 0.396 e. The van der Waals surface area contributed by atoms with Gasteiger partial charge in [-0.3, -0.25) is 9.80 Å². The van der Waals surface area contributed by atoms with Gasteiger partial charge in [0.2, 0.25) is 0 Å². The van der Waals surface area contributed by atoms with Crippen LogP contribution < -0.4 is 0 Å². The molecule has 3 nitrogen and oxygen atoms in total. The van der Waals surface area contributed by atoms with E-state index in [4.69, 9.17) is 0 Å². The highest BCUT2D eigenvalue weighted by Gasteiger charge is 2.25. The molecule has 0 radical (unpaired) electrons. The topological polar surface area (TPSA) is 26.7 Å². The first-order valence-electron chi connectivity index (χ1n) is 8.33. The fourth-order valence-electron chi connectivity index (χ4n) is 2.70. The summed E-state index contributed by atoms with van der Waals surface area (Å²) in [7, 11) is 0. The lowest BCUT2D eigenvalue weighted by atomic mass is 10.1. The third-order valence-electron chi connectivity index (χ3n) is 3.84. The molecule has 0 bridgehead atoms. The monoisotopic (exact) mass is 334 g/mol. The van der Waals surface area contributed by atoms with Crippen LogP contribution in [0, 0.1) is 0 Å². The predicted octanol–water partition coefficient (Wildman–Crippen LogP) is 2.64. The highest BCUT2D eigenvalue weighted by atomic mass is 32.2. The summed E-state index contributed by atoms with van der Waals surface area (Å²) in [6, 6.07) is 0.542. The third kappa shape index (κ3) is 8.70. The zero-order valence-electron chi connectivity index (χ0n) is 14.3. The molecule has 0 aliphatic carbocycles. The highest BCUT2D eigenvalue weighted by Crippen LogP contribution is 2.17. The van der Waals surface area contributed by atoms with Crippen LogP contribution in [0.15, 0.2) is 0 Å². The van der Waals surface area contributed by atoms with Gasteiger partial charge >= 0.3 is 0 Å². The zero-order chi connectivity index (χ0) is 15.7. The molecule has 0 unspecified atom stereocenters. The molecule has 1 fully saturated rings. The molecule has 5 heteroatoms. The van der Waals surface area contributed by atoms with E-state index in [1.54, 1.807) is 0 Å². The molecule has 0 aromatic heterocycles. The van der Waals surface area contributed by atoms with Crippen molar-refractivity contribution in [2.24, 2.45) is 0 Å².